The maximum atomic E-state index is 11.4. The van der Waals surface area contributed by atoms with Gasteiger partial charge in [0.1, 0.15) is 11.6 Å². The molecule has 1 aromatic rings. The lowest BCUT2D eigenvalue weighted by molar-refractivity contribution is -0.115. The van der Waals surface area contributed by atoms with Crippen LogP contribution in [0.3, 0.4) is 0 Å². The van der Waals surface area contributed by atoms with Crippen molar-refractivity contribution in [1.29, 1.82) is 0 Å². The Labute approximate surface area is 133 Å². The molecule has 1 atom stereocenters. The van der Waals surface area contributed by atoms with Gasteiger partial charge in [0.05, 0.1) is 6.17 Å². The molecule has 1 amide bonds. The third-order valence-electron chi connectivity index (χ3n) is 3.86. The average molecular weight is 313 g/mol. The van der Waals surface area contributed by atoms with Crippen LogP contribution in [-0.4, -0.2) is 42.6 Å². The second-order valence-corrected chi connectivity index (χ2v) is 5.35. The van der Waals surface area contributed by atoms with Crippen LogP contribution in [0, 0.1) is 0 Å². The van der Waals surface area contributed by atoms with Crippen molar-refractivity contribution in [3.05, 3.63) is 18.2 Å². The van der Waals surface area contributed by atoms with E-state index in [9.17, 15) is 4.79 Å². The summed E-state index contributed by atoms with van der Waals surface area (Å²) in [5, 5.41) is 2.81. The zero-order valence-electron chi connectivity index (χ0n) is 13.0. The summed E-state index contributed by atoms with van der Waals surface area (Å²) < 4.78 is 0. The molecule has 5 nitrogen and oxygen atoms in total. The van der Waals surface area contributed by atoms with Gasteiger partial charge in [0.25, 0.3) is 0 Å². The molecule has 1 aliphatic heterocycles. The summed E-state index contributed by atoms with van der Waals surface area (Å²) in [5.74, 6) is 1.52. The Kier molecular flexibility index (Phi) is 6.92. The maximum Gasteiger partial charge on any atom is 0.225 e. The number of piperidine rings is 1. The minimum atomic E-state index is -0.00733. The number of hydrogen-bond donors (Lipinski definition) is 1. The van der Waals surface area contributed by atoms with Gasteiger partial charge in [-0.3, -0.25) is 9.69 Å². The molecule has 2 rings (SSSR count). The minimum absolute atomic E-state index is 0. The Hall–Kier alpha value is -1.33. The van der Waals surface area contributed by atoms with Crippen molar-refractivity contribution in [2.45, 2.75) is 38.8 Å². The fourth-order valence-corrected chi connectivity index (χ4v) is 2.62. The smallest absolute Gasteiger partial charge is 0.225 e. The Balaban J connectivity index is 0.00000220. The number of nitrogens with one attached hydrogen (secondary N) is 1. The van der Waals surface area contributed by atoms with Crippen LogP contribution in [-0.2, 0) is 4.79 Å². The van der Waals surface area contributed by atoms with E-state index in [1.165, 1.54) is 12.8 Å². The Morgan fingerprint density at radius 2 is 2.24 bits per heavy atom. The van der Waals surface area contributed by atoms with Crippen LogP contribution in [0.5, 0.6) is 0 Å². The first kappa shape index (κ1) is 17.7. The van der Waals surface area contributed by atoms with E-state index in [2.05, 4.69) is 34.2 Å². The minimum Gasteiger partial charge on any atom is -0.344 e. The van der Waals surface area contributed by atoms with Crippen LogP contribution >= 0.6 is 12.4 Å². The van der Waals surface area contributed by atoms with Gasteiger partial charge in [0, 0.05) is 13.5 Å². The summed E-state index contributed by atoms with van der Waals surface area (Å²) in [7, 11) is 4.23. The number of carbonyl (C=O) groups is 1. The highest BCUT2D eigenvalue weighted by Crippen LogP contribution is 2.22. The first-order valence-electron chi connectivity index (χ1n) is 7.31. The van der Waals surface area contributed by atoms with E-state index in [-0.39, 0.29) is 18.3 Å². The number of aromatic nitrogens is 1. The highest BCUT2D eigenvalue weighted by molar-refractivity contribution is 5.89. The van der Waals surface area contributed by atoms with E-state index in [1.54, 1.807) is 0 Å². The summed E-state index contributed by atoms with van der Waals surface area (Å²) in [6.07, 6.45) is 4.52. The fraction of sp³-hybridized carbons (Fsp3) is 0.600. The molecule has 0 spiro atoms. The van der Waals surface area contributed by atoms with E-state index >= 15 is 0 Å². The number of carbonyl (C=O) groups excluding carboxylic acids is 1. The second kappa shape index (κ2) is 8.20. The monoisotopic (exact) mass is 312 g/mol. The zero-order chi connectivity index (χ0) is 14.5. The predicted molar refractivity (Wildman–Crippen MR) is 89.1 cm³/mol. The van der Waals surface area contributed by atoms with Gasteiger partial charge in [-0.15, -0.1) is 12.4 Å². The number of likely N-dealkylation sites (tertiary alicyclic amines) is 1. The van der Waals surface area contributed by atoms with E-state index in [1.807, 2.05) is 25.1 Å². The van der Waals surface area contributed by atoms with Gasteiger partial charge >= 0.3 is 0 Å². The van der Waals surface area contributed by atoms with Crippen molar-refractivity contribution in [3.63, 3.8) is 0 Å². The number of hydrogen-bond acceptors (Lipinski definition) is 4. The first-order chi connectivity index (χ1) is 9.61. The zero-order valence-corrected chi connectivity index (χ0v) is 13.8. The van der Waals surface area contributed by atoms with Crippen LogP contribution in [0.15, 0.2) is 18.2 Å². The lowest BCUT2D eigenvalue weighted by Crippen LogP contribution is -2.47. The number of pyridine rings is 1. The molecule has 1 unspecified atom stereocenters. The lowest BCUT2D eigenvalue weighted by Gasteiger charge is -2.39. The van der Waals surface area contributed by atoms with Crippen molar-refractivity contribution in [2.75, 3.05) is 30.9 Å². The molecule has 1 N–H and O–H groups in total. The predicted octanol–water partition coefficient (Wildman–Crippen LogP) is 2.73. The molecule has 0 aliphatic carbocycles. The topological polar surface area (TPSA) is 48.5 Å². The van der Waals surface area contributed by atoms with Crippen molar-refractivity contribution >= 4 is 29.9 Å². The lowest BCUT2D eigenvalue weighted by atomic mass is 10.1. The number of rotatable bonds is 4. The normalized spacial score (nSPS) is 18.7. The van der Waals surface area contributed by atoms with E-state index in [0.29, 0.717) is 18.4 Å². The van der Waals surface area contributed by atoms with Crippen molar-refractivity contribution in [2.24, 2.45) is 0 Å². The van der Waals surface area contributed by atoms with Crippen molar-refractivity contribution in [3.8, 4) is 0 Å². The standard InChI is InChI=1S/C15H24N4O.ClH/c1-4-14(20)17-12-8-7-9-13(16-12)19(3)15-10-5-6-11-18(15)2;/h7-9,15H,4-6,10-11H2,1-3H3,(H,16,17,20);1H. The maximum absolute atomic E-state index is 11.4. The largest absolute Gasteiger partial charge is 0.344 e. The average Bonchev–Trinajstić information content (AvgIpc) is 2.47. The Morgan fingerprint density at radius 1 is 1.48 bits per heavy atom. The van der Waals surface area contributed by atoms with E-state index in [4.69, 9.17) is 0 Å². The molecule has 1 aliphatic rings. The summed E-state index contributed by atoms with van der Waals surface area (Å²) in [6.45, 7) is 2.96. The Morgan fingerprint density at radius 3 is 2.90 bits per heavy atom. The van der Waals surface area contributed by atoms with Gasteiger partial charge in [-0.25, -0.2) is 4.98 Å². The molecular weight excluding hydrogens is 288 g/mol. The molecule has 0 bridgehead atoms. The first-order valence-corrected chi connectivity index (χ1v) is 7.31. The number of halogens is 1. The molecule has 0 radical (unpaired) electrons. The summed E-state index contributed by atoms with van der Waals surface area (Å²) >= 11 is 0. The number of amides is 1. The second-order valence-electron chi connectivity index (χ2n) is 5.35. The fourth-order valence-electron chi connectivity index (χ4n) is 2.62. The van der Waals surface area contributed by atoms with Crippen LogP contribution in [0.2, 0.25) is 0 Å². The number of anilines is 2. The highest BCUT2D eigenvalue weighted by atomic mass is 35.5. The molecule has 0 aromatic carbocycles. The van der Waals surface area contributed by atoms with Crippen molar-refractivity contribution in [1.82, 2.24) is 9.88 Å². The summed E-state index contributed by atoms with van der Waals surface area (Å²) in [5.41, 5.74) is 0. The summed E-state index contributed by atoms with van der Waals surface area (Å²) in [4.78, 5) is 20.5. The molecule has 0 saturated carbocycles. The molecule has 1 fully saturated rings. The number of nitrogens with zero attached hydrogens (tertiary/aromatic N) is 3. The quantitative estimate of drug-likeness (QED) is 0.928. The van der Waals surface area contributed by atoms with Gasteiger partial charge in [-0.1, -0.05) is 13.0 Å². The molecule has 6 heteroatoms. The van der Waals surface area contributed by atoms with Gasteiger partial charge < -0.3 is 10.2 Å². The molecule has 118 valence electrons. The van der Waals surface area contributed by atoms with Gasteiger partial charge in [-0.2, -0.15) is 0 Å². The third kappa shape index (κ3) is 4.58. The van der Waals surface area contributed by atoms with Gasteiger partial charge in [-0.05, 0) is 45.0 Å². The highest BCUT2D eigenvalue weighted by Gasteiger charge is 2.23. The molecule has 2 heterocycles. The van der Waals surface area contributed by atoms with Crippen LogP contribution < -0.4 is 10.2 Å². The van der Waals surface area contributed by atoms with Gasteiger partial charge in [0.15, 0.2) is 0 Å². The van der Waals surface area contributed by atoms with Crippen LogP contribution in [0.25, 0.3) is 0 Å². The SMILES string of the molecule is CCC(=O)Nc1cccc(N(C)C2CCCCN2C)n1.Cl. The van der Waals surface area contributed by atoms with E-state index in [0.717, 1.165) is 18.8 Å². The van der Waals surface area contributed by atoms with Crippen LogP contribution in [0.1, 0.15) is 32.6 Å². The molecular formula is C15H25ClN4O. The molecule has 21 heavy (non-hydrogen) atoms. The summed E-state index contributed by atoms with van der Waals surface area (Å²) in [6, 6.07) is 5.76. The van der Waals surface area contributed by atoms with Gasteiger partial charge in [0.2, 0.25) is 5.91 Å². The third-order valence-corrected chi connectivity index (χ3v) is 3.86. The molecule has 1 saturated heterocycles. The van der Waals surface area contributed by atoms with Crippen molar-refractivity contribution < 1.29 is 4.79 Å². The van der Waals surface area contributed by atoms with E-state index < -0.39 is 0 Å². The van der Waals surface area contributed by atoms with Crippen LogP contribution in [0.4, 0.5) is 11.6 Å². The Bertz CT molecular complexity index is 469. The molecule has 1 aromatic heterocycles.